The van der Waals surface area contributed by atoms with Gasteiger partial charge in [0.05, 0.1) is 15.6 Å². The SMILES string of the molecule is Cc1ccc(-c2sc(C3CCN(C(=O)CCC(=O)N(c4ccccc4)C(C)C4CC4)CC3)nc2-c2ccc(Cl)cc2)cc1. The zero-order valence-corrected chi connectivity index (χ0v) is 26.4. The second-order valence-electron chi connectivity index (χ2n) is 11.9. The highest BCUT2D eigenvalue weighted by molar-refractivity contribution is 7.15. The van der Waals surface area contributed by atoms with Crippen LogP contribution in [0.25, 0.3) is 21.7 Å². The molecule has 1 atom stereocenters. The Morgan fingerprint density at radius 2 is 1.56 bits per heavy atom. The summed E-state index contributed by atoms with van der Waals surface area (Å²) in [6, 6.07) is 26.5. The lowest BCUT2D eigenvalue weighted by Gasteiger charge is -2.32. The number of rotatable bonds is 9. The third-order valence-electron chi connectivity index (χ3n) is 8.84. The molecule has 43 heavy (non-hydrogen) atoms. The molecule has 0 spiro atoms. The summed E-state index contributed by atoms with van der Waals surface area (Å²) < 4.78 is 0. The first-order valence-corrected chi connectivity index (χ1v) is 16.6. The van der Waals surface area contributed by atoms with Crippen LogP contribution in [0.1, 0.15) is 61.9 Å². The molecule has 1 saturated heterocycles. The Kier molecular flexibility index (Phi) is 8.96. The van der Waals surface area contributed by atoms with Gasteiger partial charge in [-0.05, 0) is 75.3 Å². The number of piperidine rings is 1. The van der Waals surface area contributed by atoms with Gasteiger partial charge in [0, 0.05) is 54.2 Å². The van der Waals surface area contributed by atoms with Crippen LogP contribution in [0.2, 0.25) is 5.02 Å². The number of anilines is 1. The average Bonchev–Trinajstić information content (AvgIpc) is 3.80. The Morgan fingerprint density at radius 1 is 0.907 bits per heavy atom. The number of likely N-dealkylation sites (tertiary alicyclic amines) is 1. The van der Waals surface area contributed by atoms with Crippen molar-refractivity contribution in [2.24, 2.45) is 5.92 Å². The summed E-state index contributed by atoms with van der Waals surface area (Å²) in [5, 5.41) is 1.83. The molecule has 3 aromatic carbocycles. The van der Waals surface area contributed by atoms with Gasteiger partial charge < -0.3 is 9.80 Å². The number of carbonyl (C=O) groups is 2. The summed E-state index contributed by atoms with van der Waals surface area (Å²) >= 11 is 7.94. The molecule has 1 aliphatic heterocycles. The quantitative estimate of drug-likeness (QED) is 0.190. The van der Waals surface area contributed by atoms with Crippen LogP contribution in [0, 0.1) is 12.8 Å². The van der Waals surface area contributed by atoms with Crippen molar-refractivity contribution in [1.29, 1.82) is 0 Å². The molecule has 2 fully saturated rings. The van der Waals surface area contributed by atoms with Gasteiger partial charge in [0.15, 0.2) is 0 Å². The summed E-state index contributed by atoms with van der Waals surface area (Å²) in [5.41, 5.74) is 5.36. The summed E-state index contributed by atoms with van der Waals surface area (Å²) in [4.78, 5) is 36.8. The second-order valence-corrected chi connectivity index (χ2v) is 13.4. The van der Waals surface area contributed by atoms with E-state index in [4.69, 9.17) is 16.6 Å². The normalized spacial score (nSPS) is 16.2. The van der Waals surface area contributed by atoms with Gasteiger partial charge in [-0.15, -0.1) is 11.3 Å². The number of thiazole rings is 1. The topological polar surface area (TPSA) is 53.5 Å². The van der Waals surface area contributed by atoms with Crippen LogP contribution in [0.15, 0.2) is 78.9 Å². The number of hydrogen-bond acceptors (Lipinski definition) is 4. The van der Waals surface area contributed by atoms with E-state index in [-0.39, 0.29) is 30.7 Å². The average molecular weight is 612 g/mol. The molecule has 5 nitrogen and oxygen atoms in total. The number of aromatic nitrogens is 1. The summed E-state index contributed by atoms with van der Waals surface area (Å²) in [6.07, 6.45) is 4.56. The molecule has 1 aromatic heterocycles. The lowest BCUT2D eigenvalue weighted by atomic mass is 9.97. The number of carbonyl (C=O) groups excluding carboxylic acids is 2. The molecule has 4 aromatic rings. The van der Waals surface area contributed by atoms with Gasteiger partial charge in [-0.1, -0.05) is 71.8 Å². The Balaban J connectivity index is 1.10. The molecule has 2 aliphatic rings. The van der Waals surface area contributed by atoms with Crippen LogP contribution in [-0.2, 0) is 9.59 Å². The second kappa shape index (κ2) is 13.0. The lowest BCUT2D eigenvalue weighted by Crippen LogP contribution is -2.42. The van der Waals surface area contributed by atoms with Gasteiger partial charge in [0.25, 0.3) is 0 Å². The number of para-hydroxylation sites is 1. The van der Waals surface area contributed by atoms with Gasteiger partial charge in [-0.2, -0.15) is 0 Å². The van der Waals surface area contributed by atoms with E-state index in [0.29, 0.717) is 29.9 Å². The Hall–Kier alpha value is -3.48. The van der Waals surface area contributed by atoms with Crippen LogP contribution in [-0.4, -0.2) is 40.8 Å². The van der Waals surface area contributed by atoms with E-state index in [1.165, 1.54) is 18.4 Å². The Morgan fingerprint density at radius 3 is 2.21 bits per heavy atom. The van der Waals surface area contributed by atoms with Gasteiger partial charge in [-0.25, -0.2) is 4.98 Å². The molecule has 0 N–H and O–H groups in total. The number of benzene rings is 3. The number of hydrogen-bond donors (Lipinski definition) is 0. The zero-order chi connectivity index (χ0) is 29.9. The fraction of sp³-hybridized carbons (Fsp3) is 0.361. The van der Waals surface area contributed by atoms with Crippen molar-refractivity contribution in [3.05, 3.63) is 94.5 Å². The molecular weight excluding hydrogens is 574 g/mol. The van der Waals surface area contributed by atoms with Crippen molar-refractivity contribution >= 4 is 40.4 Å². The third-order valence-corrected chi connectivity index (χ3v) is 10.4. The first-order chi connectivity index (χ1) is 20.9. The molecule has 0 radical (unpaired) electrons. The number of amides is 2. The van der Waals surface area contributed by atoms with Crippen LogP contribution >= 0.6 is 22.9 Å². The van der Waals surface area contributed by atoms with E-state index in [1.807, 2.05) is 64.4 Å². The van der Waals surface area contributed by atoms with Crippen molar-refractivity contribution in [3.63, 3.8) is 0 Å². The molecule has 222 valence electrons. The van der Waals surface area contributed by atoms with Crippen LogP contribution in [0.3, 0.4) is 0 Å². The highest BCUT2D eigenvalue weighted by Gasteiger charge is 2.35. The minimum atomic E-state index is 0.0370. The summed E-state index contributed by atoms with van der Waals surface area (Å²) in [7, 11) is 0. The predicted octanol–water partition coefficient (Wildman–Crippen LogP) is 8.76. The fourth-order valence-electron chi connectivity index (χ4n) is 6.07. The lowest BCUT2D eigenvalue weighted by molar-refractivity contribution is -0.134. The molecule has 6 rings (SSSR count). The monoisotopic (exact) mass is 611 g/mol. The van der Waals surface area contributed by atoms with Gasteiger partial charge in [0.1, 0.15) is 0 Å². The minimum Gasteiger partial charge on any atom is -0.343 e. The molecule has 2 heterocycles. The molecule has 1 aliphatic carbocycles. The van der Waals surface area contributed by atoms with Crippen LogP contribution < -0.4 is 4.90 Å². The smallest absolute Gasteiger partial charge is 0.227 e. The largest absolute Gasteiger partial charge is 0.343 e. The van der Waals surface area contributed by atoms with Crippen molar-refractivity contribution in [1.82, 2.24) is 9.88 Å². The fourth-order valence-corrected chi connectivity index (χ4v) is 7.46. The van der Waals surface area contributed by atoms with Crippen molar-refractivity contribution in [2.45, 2.75) is 64.3 Å². The number of halogens is 1. The first kappa shape index (κ1) is 29.6. The van der Waals surface area contributed by atoms with Gasteiger partial charge in [0.2, 0.25) is 11.8 Å². The Bertz CT molecular complexity index is 1490. The van der Waals surface area contributed by atoms with E-state index in [1.54, 1.807) is 11.3 Å². The highest BCUT2D eigenvalue weighted by atomic mass is 35.5. The predicted molar refractivity (Wildman–Crippen MR) is 177 cm³/mol. The number of nitrogens with zero attached hydrogens (tertiary/aromatic N) is 3. The first-order valence-electron chi connectivity index (χ1n) is 15.4. The third kappa shape index (κ3) is 6.86. The molecule has 0 bridgehead atoms. The number of aryl methyl sites for hydroxylation is 1. The molecule has 2 amide bonds. The molecule has 7 heteroatoms. The summed E-state index contributed by atoms with van der Waals surface area (Å²) in [6.45, 7) is 5.61. The summed E-state index contributed by atoms with van der Waals surface area (Å²) in [5.74, 6) is 0.959. The van der Waals surface area contributed by atoms with Crippen molar-refractivity contribution in [3.8, 4) is 21.7 Å². The van der Waals surface area contributed by atoms with E-state index in [9.17, 15) is 9.59 Å². The van der Waals surface area contributed by atoms with Gasteiger partial charge >= 0.3 is 0 Å². The molecule has 1 saturated carbocycles. The van der Waals surface area contributed by atoms with Crippen molar-refractivity contribution < 1.29 is 9.59 Å². The van der Waals surface area contributed by atoms with Gasteiger partial charge in [-0.3, -0.25) is 9.59 Å². The molecule has 1 unspecified atom stereocenters. The maximum Gasteiger partial charge on any atom is 0.227 e. The minimum absolute atomic E-state index is 0.0370. The van der Waals surface area contributed by atoms with E-state index >= 15 is 0 Å². The van der Waals surface area contributed by atoms with Crippen LogP contribution in [0.4, 0.5) is 5.69 Å². The maximum absolute atomic E-state index is 13.4. The van der Waals surface area contributed by atoms with Crippen molar-refractivity contribution in [2.75, 3.05) is 18.0 Å². The Labute approximate surface area is 263 Å². The van der Waals surface area contributed by atoms with E-state index in [2.05, 4.69) is 38.1 Å². The standard InChI is InChI=1S/C36H38ClN3O2S/c1-24-8-10-28(11-9-24)35-34(27-14-16-30(37)17-15-27)38-36(43-35)29-20-22-39(23-21-29)32(41)18-19-33(42)40(25(2)26-12-13-26)31-6-4-3-5-7-31/h3-11,14-17,25-26,29H,12-13,18-23H2,1-2H3. The molecular formula is C36H38ClN3O2S. The highest BCUT2D eigenvalue weighted by Crippen LogP contribution is 2.42. The maximum atomic E-state index is 13.4. The van der Waals surface area contributed by atoms with Crippen LogP contribution in [0.5, 0.6) is 0 Å². The zero-order valence-electron chi connectivity index (χ0n) is 24.8. The van der Waals surface area contributed by atoms with E-state index < -0.39 is 0 Å². The van der Waals surface area contributed by atoms with E-state index in [0.717, 1.165) is 45.2 Å².